The highest BCUT2D eigenvalue weighted by Crippen LogP contribution is 2.21. The molecule has 2 rings (SSSR count). The van der Waals surface area contributed by atoms with E-state index in [1.165, 1.54) is 0 Å². The average Bonchev–Trinajstić information content (AvgIpc) is 2.46. The molecule has 1 aromatic rings. The molecule has 0 radical (unpaired) electrons. The molecule has 6 nitrogen and oxygen atoms in total. The first-order chi connectivity index (χ1) is 9.50. The minimum absolute atomic E-state index is 0.00529. The van der Waals surface area contributed by atoms with E-state index in [2.05, 4.69) is 4.99 Å². The van der Waals surface area contributed by atoms with Crippen LogP contribution >= 0.6 is 0 Å². The number of guanidine groups is 1. The number of nitrogens with zero attached hydrogens (tertiary/aromatic N) is 2. The molecule has 0 aromatic heterocycles. The van der Waals surface area contributed by atoms with Crippen molar-refractivity contribution in [2.45, 2.75) is 30.7 Å². The van der Waals surface area contributed by atoms with Crippen LogP contribution in [-0.2, 0) is 16.6 Å². The zero-order valence-electron chi connectivity index (χ0n) is 11.3. The average molecular weight is 296 g/mol. The van der Waals surface area contributed by atoms with E-state index in [1.807, 2.05) is 6.07 Å². The molecule has 1 aromatic carbocycles. The summed E-state index contributed by atoms with van der Waals surface area (Å²) < 4.78 is 26.6. The van der Waals surface area contributed by atoms with Crippen LogP contribution in [0.4, 0.5) is 0 Å². The van der Waals surface area contributed by atoms with Crippen molar-refractivity contribution in [3.63, 3.8) is 0 Å². The third-order valence-corrected chi connectivity index (χ3v) is 5.19. The van der Waals surface area contributed by atoms with Crippen molar-refractivity contribution in [2.75, 3.05) is 13.1 Å². The number of hydrogen-bond acceptors (Lipinski definition) is 3. The SMILES string of the molecule is NC(N)=NCc1cccc(S(=O)(=O)N2CCCCC2)c1. The third-order valence-electron chi connectivity index (χ3n) is 3.30. The van der Waals surface area contributed by atoms with Gasteiger partial charge in [-0.05, 0) is 30.5 Å². The first-order valence-electron chi connectivity index (χ1n) is 6.64. The van der Waals surface area contributed by atoms with Crippen molar-refractivity contribution in [3.05, 3.63) is 29.8 Å². The summed E-state index contributed by atoms with van der Waals surface area (Å²) in [4.78, 5) is 4.20. The van der Waals surface area contributed by atoms with Gasteiger partial charge < -0.3 is 11.5 Å². The molecule has 0 atom stereocenters. The molecule has 0 saturated carbocycles. The van der Waals surface area contributed by atoms with Gasteiger partial charge in [0, 0.05) is 13.1 Å². The maximum atomic E-state index is 12.5. The first-order valence-corrected chi connectivity index (χ1v) is 8.08. The van der Waals surface area contributed by atoms with Gasteiger partial charge in [0.15, 0.2) is 5.96 Å². The van der Waals surface area contributed by atoms with Gasteiger partial charge in [0.05, 0.1) is 11.4 Å². The number of sulfonamides is 1. The van der Waals surface area contributed by atoms with Crippen molar-refractivity contribution < 1.29 is 8.42 Å². The van der Waals surface area contributed by atoms with E-state index in [0.29, 0.717) is 18.0 Å². The number of hydrogen-bond donors (Lipinski definition) is 2. The van der Waals surface area contributed by atoms with Gasteiger partial charge in [-0.15, -0.1) is 0 Å². The van der Waals surface area contributed by atoms with Crippen LogP contribution in [-0.4, -0.2) is 31.8 Å². The van der Waals surface area contributed by atoms with Crippen LogP contribution in [0.3, 0.4) is 0 Å². The fourth-order valence-corrected chi connectivity index (χ4v) is 3.83. The molecular formula is C13H20N4O2S. The van der Waals surface area contributed by atoms with Crippen molar-refractivity contribution in [1.82, 2.24) is 4.31 Å². The number of benzene rings is 1. The Balaban J connectivity index is 2.23. The highest BCUT2D eigenvalue weighted by molar-refractivity contribution is 7.89. The number of nitrogens with two attached hydrogens (primary N) is 2. The van der Waals surface area contributed by atoms with Crippen molar-refractivity contribution >= 4 is 16.0 Å². The minimum Gasteiger partial charge on any atom is -0.370 e. The second-order valence-corrected chi connectivity index (χ2v) is 6.79. The van der Waals surface area contributed by atoms with E-state index in [9.17, 15) is 8.42 Å². The smallest absolute Gasteiger partial charge is 0.243 e. The Hall–Kier alpha value is -1.60. The van der Waals surface area contributed by atoms with Gasteiger partial charge in [0.2, 0.25) is 10.0 Å². The molecule has 1 aliphatic heterocycles. The lowest BCUT2D eigenvalue weighted by atomic mass is 10.2. The zero-order valence-corrected chi connectivity index (χ0v) is 12.1. The van der Waals surface area contributed by atoms with Crippen LogP contribution < -0.4 is 11.5 Å². The second-order valence-electron chi connectivity index (χ2n) is 4.85. The van der Waals surface area contributed by atoms with Crippen LogP contribution in [0.2, 0.25) is 0 Å². The van der Waals surface area contributed by atoms with Crippen molar-refractivity contribution in [3.8, 4) is 0 Å². The Morgan fingerprint density at radius 1 is 1.20 bits per heavy atom. The molecule has 0 unspecified atom stereocenters. The zero-order chi connectivity index (χ0) is 14.6. The van der Waals surface area contributed by atoms with E-state index >= 15 is 0 Å². The first kappa shape index (κ1) is 14.8. The normalized spacial score (nSPS) is 16.8. The van der Waals surface area contributed by atoms with Gasteiger partial charge in [0.1, 0.15) is 0 Å². The number of rotatable bonds is 4. The molecule has 7 heteroatoms. The fraction of sp³-hybridized carbons (Fsp3) is 0.462. The lowest BCUT2D eigenvalue weighted by molar-refractivity contribution is 0.346. The lowest BCUT2D eigenvalue weighted by Crippen LogP contribution is -2.35. The molecule has 0 amide bonds. The van der Waals surface area contributed by atoms with Gasteiger partial charge in [-0.2, -0.15) is 4.31 Å². The largest absolute Gasteiger partial charge is 0.370 e. The van der Waals surface area contributed by atoms with Crippen LogP contribution in [0.1, 0.15) is 24.8 Å². The Bertz CT molecular complexity index is 588. The quantitative estimate of drug-likeness (QED) is 0.628. The molecule has 1 heterocycles. The molecule has 1 saturated heterocycles. The predicted octanol–water partition coefficient (Wildman–Crippen LogP) is 0.635. The molecule has 1 aliphatic rings. The number of piperidine rings is 1. The molecule has 1 fully saturated rings. The van der Waals surface area contributed by atoms with E-state index < -0.39 is 10.0 Å². The van der Waals surface area contributed by atoms with Crippen LogP contribution in [0.25, 0.3) is 0 Å². The van der Waals surface area contributed by atoms with Gasteiger partial charge in [0.25, 0.3) is 0 Å². The standard InChI is InChI=1S/C13H20N4O2S/c14-13(15)16-10-11-5-4-6-12(9-11)20(18,19)17-7-2-1-3-8-17/h4-6,9H,1-3,7-8,10H2,(H4,14,15,16). The Morgan fingerprint density at radius 3 is 2.55 bits per heavy atom. The monoisotopic (exact) mass is 296 g/mol. The highest BCUT2D eigenvalue weighted by atomic mass is 32.2. The lowest BCUT2D eigenvalue weighted by Gasteiger charge is -2.26. The van der Waals surface area contributed by atoms with E-state index in [1.54, 1.807) is 22.5 Å². The Kier molecular flexibility index (Phi) is 4.61. The molecule has 4 N–H and O–H groups in total. The third kappa shape index (κ3) is 3.49. The molecule has 0 aliphatic carbocycles. The summed E-state index contributed by atoms with van der Waals surface area (Å²) in [7, 11) is -3.40. The molecule has 20 heavy (non-hydrogen) atoms. The van der Waals surface area contributed by atoms with Gasteiger partial charge in [-0.3, -0.25) is 0 Å². The van der Waals surface area contributed by atoms with Crippen LogP contribution in [0.15, 0.2) is 34.2 Å². The van der Waals surface area contributed by atoms with Crippen LogP contribution in [0, 0.1) is 0 Å². The summed E-state index contributed by atoms with van der Waals surface area (Å²) in [6, 6.07) is 6.77. The molecular weight excluding hydrogens is 276 g/mol. The Morgan fingerprint density at radius 2 is 1.90 bits per heavy atom. The summed E-state index contributed by atoms with van der Waals surface area (Å²) in [5, 5.41) is 0. The van der Waals surface area contributed by atoms with Gasteiger partial charge in [-0.1, -0.05) is 18.6 Å². The summed E-state index contributed by atoms with van der Waals surface area (Å²) in [6.07, 6.45) is 2.94. The summed E-state index contributed by atoms with van der Waals surface area (Å²) in [6.45, 7) is 1.48. The minimum atomic E-state index is -3.40. The predicted molar refractivity (Wildman–Crippen MR) is 78.6 cm³/mol. The fourth-order valence-electron chi connectivity index (χ4n) is 2.24. The maximum Gasteiger partial charge on any atom is 0.243 e. The molecule has 0 spiro atoms. The van der Waals surface area contributed by atoms with Crippen molar-refractivity contribution in [2.24, 2.45) is 16.5 Å². The molecule has 110 valence electrons. The summed E-state index contributed by atoms with van der Waals surface area (Å²) >= 11 is 0. The van der Waals surface area contributed by atoms with E-state index in [0.717, 1.165) is 24.8 Å². The highest BCUT2D eigenvalue weighted by Gasteiger charge is 2.25. The summed E-state index contributed by atoms with van der Waals surface area (Å²) in [5.41, 5.74) is 11.3. The van der Waals surface area contributed by atoms with E-state index in [-0.39, 0.29) is 12.5 Å². The van der Waals surface area contributed by atoms with Gasteiger partial charge in [-0.25, -0.2) is 13.4 Å². The Labute approximate surface area is 119 Å². The van der Waals surface area contributed by atoms with Gasteiger partial charge >= 0.3 is 0 Å². The number of aliphatic imine (C=N–C) groups is 1. The topological polar surface area (TPSA) is 102 Å². The van der Waals surface area contributed by atoms with Crippen molar-refractivity contribution in [1.29, 1.82) is 0 Å². The van der Waals surface area contributed by atoms with E-state index in [4.69, 9.17) is 11.5 Å². The van der Waals surface area contributed by atoms with Crippen LogP contribution in [0.5, 0.6) is 0 Å². The molecule has 0 bridgehead atoms. The summed E-state index contributed by atoms with van der Waals surface area (Å²) in [5.74, 6) is -0.00529. The maximum absolute atomic E-state index is 12.5. The second kappa shape index (κ2) is 6.23.